The molecule has 0 aromatic heterocycles. The van der Waals surface area contributed by atoms with Crippen LogP contribution in [-0.2, 0) is 14.3 Å². The van der Waals surface area contributed by atoms with E-state index in [1.54, 1.807) is 0 Å². The molecule has 0 aromatic carbocycles. The van der Waals surface area contributed by atoms with Crippen molar-refractivity contribution in [1.29, 1.82) is 0 Å². The molecule has 3 N–H and O–H groups in total. The molecule has 3 atom stereocenters. The average molecular weight is 886 g/mol. The van der Waals surface area contributed by atoms with Gasteiger partial charge in [-0.15, -0.1) is 0 Å². The predicted molar refractivity (Wildman–Crippen MR) is 273 cm³/mol. The van der Waals surface area contributed by atoms with Crippen LogP contribution >= 0.6 is 0 Å². The van der Waals surface area contributed by atoms with E-state index in [4.69, 9.17) is 4.74 Å². The second-order valence-electron chi connectivity index (χ2n) is 19.0. The van der Waals surface area contributed by atoms with Crippen LogP contribution in [0.1, 0.15) is 290 Å². The quantitative estimate of drug-likeness (QED) is 0.0321. The van der Waals surface area contributed by atoms with E-state index in [0.29, 0.717) is 19.3 Å². The number of carbonyl (C=O) groups is 2. The molecule has 0 fully saturated rings. The third kappa shape index (κ3) is 46.4. The maximum absolute atomic E-state index is 13.2. The number of nitrogens with one attached hydrogen (secondary N) is 1. The van der Waals surface area contributed by atoms with Crippen LogP contribution in [-0.4, -0.2) is 46.9 Å². The van der Waals surface area contributed by atoms with Crippen molar-refractivity contribution in [3.63, 3.8) is 0 Å². The smallest absolute Gasteiger partial charge is 0.306 e. The molecular formula is C57H107NO5. The van der Waals surface area contributed by atoms with Gasteiger partial charge in [-0.25, -0.2) is 0 Å². The summed E-state index contributed by atoms with van der Waals surface area (Å²) in [6.45, 7) is 6.47. The van der Waals surface area contributed by atoms with Crippen LogP contribution in [0.3, 0.4) is 0 Å². The number of rotatable bonds is 50. The van der Waals surface area contributed by atoms with Crippen molar-refractivity contribution in [2.24, 2.45) is 0 Å². The lowest BCUT2D eigenvalue weighted by atomic mass is 10.0. The van der Waals surface area contributed by atoms with Crippen LogP contribution in [0.2, 0.25) is 0 Å². The minimum atomic E-state index is -0.789. The standard InChI is InChI=1S/C57H107NO5/c1-4-7-10-13-16-19-22-24-26-28-30-32-34-37-40-43-46-49-55(60)54(52-59)58-56(61)51-53(48-45-42-39-36-21-18-15-12-9-6-3)63-57(62)50-47-44-41-38-35-33-31-29-27-25-23-20-17-14-11-8-5-2/h17,20,25,27,31,33,53-55,59-60H,4-16,18-19,21-24,26,28-30,32,34-52H2,1-3H3,(H,58,61)/b20-17-,27-25-,33-31-. The molecule has 6 heteroatoms. The molecule has 0 spiro atoms. The summed E-state index contributed by atoms with van der Waals surface area (Å²) in [6, 6.07) is -0.703. The monoisotopic (exact) mass is 886 g/mol. The van der Waals surface area contributed by atoms with Crippen LogP contribution < -0.4 is 5.32 Å². The summed E-state index contributed by atoms with van der Waals surface area (Å²) in [5.74, 6) is -0.488. The molecule has 0 aliphatic heterocycles. The molecule has 0 rings (SSSR count). The van der Waals surface area contributed by atoms with Gasteiger partial charge < -0.3 is 20.3 Å². The van der Waals surface area contributed by atoms with Crippen molar-refractivity contribution >= 4 is 11.9 Å². The number of aliphatic hydroxyl groups excluding tert-OH is 2. The highest BCUT2D eigenvalue weighted by molar-refractivity contribution is 5.77. The highest BCUT2D eigenvalue weighted by Crippen LogP contribution is 2.18. The fourth-order valence-corrected chi connectivity index (χ4v) is 8.50. The van der Waals surface area contributed by atoms with Gasteiger partial charge in [-0.2, -0.15) is 0 Å². The summed E-state index contributed by atoms with van der Waals surface area (Å²) in [7, 11) is 0. The normalized spacial score (nSPS) is 13.4. The summed E-state index contributed by atoms with van der Waals surface area (Å²) >= 11 is 0. The van der Waals surface area contributed by atoms with Crippen LogP contribution in [0.25, 0.3) is 0 Å². The molecule has 0 aliphatic carbocycles. The van der Waals surface area contributed by atoms with Gasteiger partial charge in [-0.1, -0.05) is 250 Å². The third-order valence-electron chi connectivity index (χ3n) is 12.7. The Balaban J connectivity index is 4.46. The number of amides is 1. The van der Waals surface area contributed by atoms with Crippen molar-refractivity contribution in [2.75, 3.05) is 6.61 Å². The zero-order chi connectivity index (χ0) is 45.9. The Kier molecular flexibility index (Phi) is 49.5. The molecule has 0 radical (unpaired) electrons. The number of unbranched alkanes of at least 4 members (excludes halogenated alkanes) is 32. The molecular weight excluding hydrogens is 779 g/mol. The van der Waals surface area contributed by atoms with E-state index in [9.17, 15) is 19.8 Å². The second kappa shape index (κ2) is 51.1. The molecule has 0 saturated heterocycles. The number of ether oxygens (including phenoxy) is 1. The Labute approximate surface area is 392 Å². The Bertz CT molecular complexity index is 1040. The summed E-state index contributed by atoms with van der Waals surface area (Å²) < 4.78 is 5.93. The van der Waals surface area contributed by atoms with Crippen LogP contribution in [0.5, 0.6) is 0 Å². The van der Waals surface area contributed by atoms with E-state index in [1.165, 1.54) is 173 Å². The van der Waals surface area contributed by atoms with Gasteiger partial charge in [0.2, 0.25) is 5.91 Å². The van der Waals surface area contributed by atoms with E-state index in [0.717, 1.165) is 70.6 Å². The molecule has 0 bridgehead atoms. The van der Waals surface area contributed by atoms with Gasteiger partial charge in [0.1, 0.15) is 6.10 Å². The summed E-state index contributed by atoms with van der Waals surface area (Å²) in [5.41, 5.74) is 0. The predicted octanol–water partition coefficient (Wildman–Crippen LogP) is 16.8. The fraction of sp³-hybridized carbons (Fsp3) is 0.860. The molecule has 370 valence electrons. The number of hydrogen-bond donors (Lipinski definition) is 3. The lowest BCUT2D eigenvalue weighted by Gasteiger charge is -2.24. The van der Waals surface area contributed by atoms with Crippen molar-refractivity contribution in [1.82, 2.24) is 5.32 Å². The second-order valence-corrected chi connectivity index (χ2v) is 19.0. The fourth-order valence-electron chi connectivity index (χ4n) is 8.50. The largest absolute Gasteiger partial charge is 0.462 e. The van der Waals surface area contributed by atoms with Gasteiger partial charge in [0, 0.05) is 6.42 Å². The summed E-state index contributed by atoms with van der Waals surface area (Å²) in [4.78, 5) is 26.2. The first kappa shape index (κ1) is 61.1. The average Bonchev–Trinajstić information content (AvgIpc) is 3.28. The SMILES string of the molecule is CCCCC/C=C\C/C=C\C/C=C\CCCCCCC(=O)OC(CCCCCCCCCCCC)CC(=O)NC(CO)C(O)CCCCCCCCCCCCCCCCCCC. The molecule has 0 saturated carbocycles. The van der Waals surface area contributed by atoms with Crippen LogP contribution in [0, 0.1) is 0 Å². The van der Waals surface area contributed by atoms with E-state index in [2.05, 4.69) is 62.5 Å². The lowest BCUT2D eigenvalue weighted by Crippen LogP contribution is -2.46. The van der Waals surface area contributed by atoms with Crippen molar-refractivity contribution in [2.45, 2.75) is 309 Å². The number of esters is 1. The molecule has 3 unspecified atom stereocenters. The highest BCUT2D eigenvalue weighted by Gasteiger charge is 2.24. The Hall–Kier alpha value is -1.92. The third-order valence-corrected chi connectivity index (χ3v) is 12.7. The van der Waals surface area contributed by atoms with Gasteiger partial charge >= 0.3 is 5.97 Å². The number of aliphatic hydroxyl groups is 2. The van der Waals surface area contributed by atoms with Gasteiger partial charge in [0.05, 0.1) is 25.2 Å². The molecule has 0 heterocycles. The molecule has 0 aromatic rings. The first-order valence-corrected chi connectivity index (χ1v) is 27.7. The Morgan fingerprint density at radius 1 is 0.460 bits per heavy atom. The van der Waals surface area contributed by atoms with E-state index in [-0.39, 0.29) is 24.9 Å². The highest BCUT2D eigenvalue weighted by atomic mass is 16.5. The molecule has 63 heavy (non-hydrogen) atoms. The van der Waals surface area contributed by atoms with Crippen molar-refractivity contribution < 1.29 is 24.5 Å². The van der Waals surface area contributed by atoms with Gasteiger partial charge in [0.25, 0.3) is 0 Å². The van der Waals surface area contributed by atoms with Gasteiger partial charge in [-0.05, 0) is 64.2 Å². The summed E-state index contributed by atoms with van der Waals surface area (Å²) in [6.07, 6.45) is 60.6. The first-order chi connectivity index (χ1) is 31.0. The molecule has 6 nitrogen and oxygen atoms in total. The van der Waals surface area contributed by atoms with E-state index in [1.807, 2.05) is 0 Å². The van der Waals surface area contributed by atoms with Crippen LogP contribution in [0.4, 0.5) is 0 Å². The van der Waals surface area contributed by atoms with Crippen molar-refractivity contribution in [3.05, 3.63) is 36.5 Å². The number of allylic oxidation sites excluding steroid dienone is 6. The van der Waals surface area contributed by atoms with Crippen LogP contribution in [0.15, 0.2) is 36.5 Å². The van der Waals surface area contributed by atoms with E-state index < -0.39 is 18.2 Å². The zero-order valence-electron chi connectivity index (χ0n) is 42.2. The van der Waals surface area contributed by atoms with Gasteiger partial charge in [0.15, 0.2) is 0 Å². The number of hydrogen-bond acceptors (Lipinski definition) is 5. The topological polar surface area (TPSA) is 95.9 Å². The summed E-state index contributed by atoms with van der Waals surface area (Å²) in [5, 5.41) is 23.8. The minimum absolute atomic E-state index is 0.0722. The van der Waals surface area contributed by atoms with Crippen molar-refractivity contribution in [3.8, 4) is 0 Å². The molecule has 1 amide bonds. The van der Waals surface area contributed by atoms with Gasteiger partial charge in [-0.3, -0.25) is 9.59 Å². The minimum Gasteiger partial charge on any atom is -0.462 e. The Morgan fingerprint density at radius 3 is 1.25 bits per heavy atom. The Morgan fingerprint density at radius 2 is 0.810 bits per heavy atom. The number of carbonyl (C=O) groups excluding carboxylic acids is 2. The maximum Gasteiger partial charge on any atom is 0.306 e. The maximum atomic E-state index is 13.2. The van der Waals surface area contributed by atoms with E-state index >= 15 is 0 Å². The zero-order valence-corrected chi connectivity index (χ0v) is 42.2. The molecule has 0 aliphatic rings. The first-order valence-electron chi connectivity index (χ1n) is 27.7. The lowest BCUT2D eigenvalue weighted by molar-refractivity contribution is -0.151.